The summed E-state index contributed by atoms with van der Waals surface area (Å²) >= 11 is 0. The van der Waals surface area contributed by atoms with Gasteiger partial charge in [-0.15, -0.1) is 6.58 Å². The third-order valence-electron chi connectivity index (χ3n) is 6.81. The van der Waals surface area contributed by atoms with Crippen molar-refractivity contribution in [2.45, 2.75) is 82.4 Å². The maximum atomic E-state index is 13.0. The van der Waals surface area contributed by atoms with Crippen LogP contribution in [0.3, 0.4) is 0 Å². The quantitative estimate of drug-likeness (QED) is 0.370. The summed E-state index contributed by atoms with van der Waals surface area (Å²) in [6.45, 7) is 1.45. The Bertz CT molecular complexity index is 859. The summed E-state index contributed by atoms with van der Waals surface area (Å²) in [5.41, 5.74) is -1.92. The van der Waals surface area contributed by atoms with Crippen LogP contribution in [-0.4, -0.2) is 41.5 Å². The molecule has 5 nitrogen and oxygen atoms in total. The zero-order valence-corrected chi connectivity index (χ0v) is 18.9. The molecule has 0 aromatic heterocycles. The van der Waals surface area contributed by atoms with Crippen molar-refractivity contribution in [3.8, 4) is 11.5 Å². The first kappa shape index (κ1) is 26.2. The van der Waals surface area contributed by atoms with E-state index in [2.05, 4.69) is 16.6 Å². The predicted octanol–water partition coefficient (Wildman–Crippen LogP) is 5.16. The number of hydrogen-bond acceptors (Lipinski definition) is 4. The molecule has 2 saturated carbocycles. The highest BCUT2D eigenvalue weighted by Gasteiger charge is 2.55. The smallest absolute Gasteiger partial charge is 0.417 e. The van der Waals surface area contributed by atoms with Gasteiger partial charge in [0.2, 0.25) is 5.91 Å². The van der Waals surface area contributed by atoms with Gasteiger partial charge in [-0.3, -0.25) is 4.79 Å². The Morgan fingerprint density at radius 3 is 2.41 bits per heavy atom. The molecule has 1 atom stereocenters. The largest absolute Gasteiger partial charge is 0.486 e. The number of allylic oxidation sites excluding steroid dienone is 1. The second-order valence-electron chi connectivity index (χ2n) is 9.26. The molecule has 3 rings (SSSR count). The Balaban J connectivity index is 1.48. The van der Waals surface area contributed by atoms with Gasteiger partial charge in [-0.2, -0.15) is 22.0 Å². The molecule has 10 heteroatoms. The van der Waals surface area contributed by atoms with Crippen molar-refractivity contribution in [3.05, 3.63) is 36.4 Å². The summed E-state index contributed by atoms with van der Waals surface area (Å²) in [5, 5.41) is 12.7. The molecule has 0 saturated heterocycles. The fraction of sp³-hybridized carbons (Fsp3) is 0.625. The number of alkyl halides is 5. The Hall–Kier alpha value is -2.36. The summed E-state index contributed by atoms with van der Waals surface area (Å²) in [4.78, 5) is 12.5. The van der Waals surface area contributed by atoms with Crippen LogP contribution < -0.4 is 14.8 Å². The molecule has 0 spiro atoms. The van der Waals surface area contributed by atoms with Crippen molar-refractivity contribution in [2.24, 2.45) is 11.8 Å². The zero-order valence-electron chi connectivity index (χ0n) is 18.9. The summed E-state index contributed by atoms with van der Waals surface area (Å²) in [6.07, 6.45) is -0.987. The standard InChI is InChI=1S/C24H30F5NO4/c1-3-4-14-5-10-19(34-22(25)26)20(11-14)33-18-12-15(13-18)21(31)30-17-8-6-16(7-9-17)23(2,32)24(27,28)29/h3,5,10-11,15-18,22,32H,1,4,6-9,12-13H2,2H3,(H,30,31)/t15-,16-,17-,18-,23?. The molecular weight excluding hydrogens is 461 g/mol. The molecule has 0 aliphatic heterocycles. The molecule has 2 aliphatic carbocycles. The van der Waals surface area contributed by atoms with E-state index >= 15 is 0 Å². The summed E-state index contributed by atoms with van der Waals surface area (Å²) in [6, 6.07) is 4.43. The van der Waals surface area contributed by atoms with Gasteiger partial charge in [0.15, 0.2) is 17.1 Å². The van der Waals surface area contributed by atoms with E-state index in [0.29, 0.717) is 32.1 Å². The van der Waals surface area contributed by atoms with Crippen molar-refractivity contribution in [3.63, 3.8) is 0 Å². The number of benzene rings is 1. The van der Waals surface area contributed by atoms with Gasteiger partial charge >= 0.3 is 12.8 Å². The van der Waals surface area contributed by atoms with E-state index in [-0.39, 0.29) is 48.3 Å². The topological polar surface area (TPSA) is 67.8 Å². The number of halogens is 5. The van der Waals surface area contributed by atoms with Crippen molar-refractivity contribution in [1.82, 2.24) is 5.32 Å². The average Bonchev–Trinajstić information content (AvgIpc) is 2.71. The summed E-state index contributed by atoms with van der Waals surface area (Å²) < 4.78 is 74.9. The molecule has 1 aromatic rings. The van der Waals surface area contributed by atoms with Crippen molar-refractivity contribution < 1.29 is 41.3 Å². The van der Waals surface area contributed by atoms with Crippen LogP contribution in [0.5, 0.6) is 11.5 Å². The number of hydrogen-bond donors (Lipinski definition) is 2. The predicted molar refractivity (Wildman–Crippen MR) is 115 cm³/mol. The van der Waals surface area contributed by atoms with Gasteiger partial charge < -0.3 is 19.9 Å². The number of amides is 1. The molecule has 2 N–H and O–H groups in total. The first-order valence-corrected chi connectivity index (χ1v) is 11.4. The number of nitrogens with one attached hydrogen (secondary N) is 1. The lowest BCUT2D eigenvalue weighted by Gasteiger charge is -2.40. The van der Waals surface area contributed by atoms with Gasteiger partial charge in [0, 0.05) is 12.0 Å². The van der Waals surface area contributed by atoms with E-state index in [4.69, 9.17) is 4.74 Å². The Labute approximate surface area is 195 Å². The molecule has 2 aliphatic rings. The van der Waals surface area contributed by atoms with Crippen LogP contribution in [0.2, 0.25) is 0 Å². The first-order valence-electron chi connectivity index (χ1n) is 11.4. The molecule has 1 aromatic carbocycles. The Morgan fingerprint density at radius 1 is 1.21 bits per heavy atom. The molecule has 2 fully saturated rings. The number of aliphatic hydroxyl groups is 1. The van der Waals surface area contributed by atoms with Crippen molar-refractivity contribution >= 4 is 5.91 Å². The van der Waals surface area contributed by atoms with E-state index in [1.165, 1.54) is 6.07 Å². The van der Waals surface area contributed by atoms with Gasteiger partial charge in [0.25, 0.3) is 0 Å². The fourth-order valence-corrected chi connectivity index (χ4v) is 4.54. The molecule has 0 heterocycles. The molecule has 0 radical (unpaired) electrons. The normalized spacial score (nSPS) is 26.8. The van der Waals surface area contributed by atoms with Crippen LogP contribution >= 0.6 is 0 Å². The second kappa shape index (κ2) is 10.5. The highest BCUT2D eigenvalue weighted by molar-refractivity contribution is 5.80. The number of carbonyl (C=O) groups excluding carboxylic acids is 1. The lowest BCUT2D eigenvalue weighted by Crippen LogP contribution is -2.52. The van der Waals surface area contributed by atoms with Crippen LogP contribution in [0.15, 0.2) is 30.9 Å². The van der Waals surface area contributed by atoms with E-state index in [9.17, 15) is 31.9 Å². The third-order valence-corrected chi connectivity index (χ3v) is 6.81. The first-order chi connectivity index (χ1) is 15.9. The van der Waals surface area contributed by atoms with E-state index < -0.39 is 24.3 Å². The number of carbonyl (C=O) groups is 1. The molecule has 0 bridgehead atoms. The third kappa shape index (κ3) is 6.20. The highest BCUT2D eigenvalue weighted by Crippen LogP contribution is 2.43. The zero-order chi connectivity index (χ0) is 25.1. The summed E-state index contributed by atoms with van der Waals surface area (Å²) in [5.74, 6) is -1.32. The minimum atomic E-state index is -4.69. The van der Waals surface area contributed by atoms with Crippen LogP contribution in [0, 0.1) is 11.8 Å². The second-order valence-corrected chi connectivity index (χ2v) is 9.26. The fourth-order valence-electron chi connectivity index (χ4n) is 4.54. The van der Waals surface area contributed by atoms with Gasteiger partial charge in [-0.05, 0) is 75.5 Å². The van der Waals surface area contributed by atoms with Gasteiger partial charge in [0.05, 0.1) is 0 Å². The monoisotopic (exact) mass is 491 g/mol. The minimum Gasteiger partial charge on any atom is -0.486 e. The van der Waals surface area contributed by atoms with Crippen LogP contribution in [0.4, 0.5) is 22.0 Å². The minimum absolute atomic E-state index is 0.0813. The van der Waals surface area contributed by atoms with Gasteiger partial charge in [-0.25, -0.2) is 0 Å². The van der Waals surface area contributed by atoms with Crippen LogP contribution in [0.25, 0.3) is 0 Å². The molecular formula is C24H30F5NO4. The SMILES string of the molecule is C=CCc1ccc(OC(F)F)c(O[C@H]2C[C@H](C(=O)N[C@H]3CC[C@H](C(C)(O)C(F)(F)F)CC3)C2)c1. The van der Waals surface area contributed by atoms with Crippen molar-refractivity contribution in [1.29, 1.82) is 0 Å². The molecule has 1 unspecified atom stereocenters. The number of ether oxygens (including phenoxy) is 2. The van der Waals surface area contributed by atoms with E-state index in [1.807, 2.05) is 0 Å². The summed E-state index contributed by atoms with van der Waals surface area (Å²) in [7, 11) is 0. The highest BCUT2D eigenvalue weighted by atomic mass is 19.4. The van der Waals surface area contributed by atoms with Gasteiger partial charge in [0.1, 0.15) is 6.10 Å². The lowest BCUT2D eigenvalue weighted by molar-refractivity contribution is -0.275. The maximum Gasteiger partial charge on any atom is 0.417 e. The Morgan fingerprint density at radius 2 is 1.85 bits per heavy atom. The average molecular weight is 491 g/mol. The number of rotatable bonds is 9. The van der Waals surface area contributed by atoms with Crippen LogP contribution in [-0.2, 0) is 11.2 Å². The van der Waals surface area contributed by atoms with Crippen LogP contribution in [0.1, 0.15) is 51.0 Å². The lowest BCUT2D eigenvalue weighted by atomic mass is 9.75. The van der Waals surface area contributed by atoms with Gasteiger partial charge in [-0.1, -0.05) is 12.1 Å². The van der Waals surface area contributed by atoms with Crippen molar-refractivity contribution in [2.75, 3.05) is 0 Å². The molecule has 34 heavy (non-hydrogen) atoms. The van der Waals surface area contributed by atoms with E-state index in [1.54, 1.807) is 18.2 Å². The Kier molecular flexibility index (Phi) is 8.10. The maximum absolute atomic E-state index is 13.0. The van der Waals surface area contributed by atoms with E-state index in [0.717, 1.165) is 12.5 Å². The molecule has 190 valence electrons. The molecule has 1 amide bonds.